The van der Waals surface area contributed by atoms with Crippen molar-refractivity contribution < 1.29 is 14.3 Å². The maximum atomic E-state index is 12.5. The van der Waals surface area contributed by atoms with Gasteiger partial charge in [-0.05, 0) is 37.3 Å². The molecule has 0 radical (unpaired) electrons. The van der Waals surface area contributed by atoms with Gasteiger partial charge in [0.05, 0.1) is 24.6 Å². The summed E-state index contributed by atoms with van der Waals surface area (Å²) >= 11 is 0. The van der Waals surface area contributed by atoms with E-state index in [-0.39, 0.29) is 11.7 Å². The van der Waals surface area contributed by atoms with Crippen LogP contribution in [0.4, 0.5) is 17.1 Å². The van der Waals surface area contributed by atoms with E-state index >= 15 is 0 Å². The first-order valence-corrected chi connectivity index (χ1v) is 8.33. The van der Waals surface area contributed by atoms with Crippen LogP contribution in [0.2, 0.25) is 0 Å². The van der Waals surface area contributed by atoms with Gasteiger partial charge >= 0.3 is 0 Å². The number of ether oxygens (including phenoxy) is 1. The van der Waals surface area contributed by atoms with Crippen LogP contribution >= 0.6 is 0 Å². The lowest BCUT2D eigenvalue weighted by Crippen LogP contribution is -2.13. The Labute approximate surface area is 157 Å². The highest BCUT2D eigenvalue weighted by Gasteiger charge is 2.09. The lowest BCUT2D eigenvalue weighted by atomic mass is 10.1. The van der Waals surface area contributed by atoms with Gasteiger partial charge in [-0.15, -0.1) is 0 Å². The standard InChI is InChI=1S/C21H19N3O3/c1-14(25)15-5-3-6-17(9-15)24-21(26)16-10-19(13-22-12-16)23-18-7-4-8-20(11-18)27-2/h3-13,23H,1-2H3,(H,24,26). The SMILES string of the molecule is COc1cccc(Nc2cncc(C(=O)Nc3cccc(C(C)=O)c3)c2)c1. The van der Waals surface area contributed by atoms with Crippen LogP contribution in [0, 0.1) is 0 Å². The number of methoxy groups -OCH3 is 1. The maximum Gasteiger partial charge on any atom is 0.257 e. The third kappa shape index (κ3) is 4.70. The Balaban J connectivity index is 1.75. The maximum absolute atomic E-state index is 12.5. The summed E-state index contributed by atoms with van der Waals surface area (Å²) in [7, 11) is 1.60. The van der Waals surface area contributed by atoms with Crippen molar-refractivity contribution in [1.29, 1.82) is 0 Å². The Morgan fingerprint density at radius 3 is 2.41 bits per heavy atom. The number of benzene rings is 2. The van der Waals surface area contributed by atoms with Gasteiger partial charge in [0, 0.05) is 29.2 Å². The number of hydrogen-bond acceptors (Lipinski definition) is 5. The number of aromatic nitrogens is 1. The molecule has 6 nitrogen and oxygen atoms in total. The Morgan fingerprint density at radius 1 is 0.889 bits per heavy atom. The quantitative estimate of drug-likeness (QED) is 0.640. The lowest BCUT2D eigenvalue weighted by Gasteiger charge is -2.10. The van der Waals surface area contributed by atoms with Crippen LogP contribution < -0.4 is 15.4 Å². The van der Waals surface area contributed by atoms with Gasteiger partial charge in [0.2, 0.25) is 0 Å². The molecule has 2 aromatic carbocycles. The van der Waals surface area contributed by atoms with Crippen LogP contribution in [-0.2, 0) is 0 Å². The Kier molecular flexibility index (Phi) is 5.47. The molecule has 0 saturated carbocycles. The zero-order chi connectivity index (χ0) is 19.2. The fourth-order valence-electron chi connectivity index (χ4n) is 2.52. The molecule has 0 aliphatic heterocycles. The average molecular weight is 361 g/mol. The van der Waals surface area contributed by atoms with E-state index in [2.05, 4.69) is 15.6 Å². The van der Waals surface area contributed by atoms with Crippen molar-refractivity contribution in [3.63, 3.8) is 0 Å². The molecule has 1 amide bonds. The number of ketones is 1. The Hall–Kier alpha value is -3.67. The van der Waals surface area contributed by atoms with E-state index in [1.165, 1.54) is 13.1 Å². The highest BCUT2D eigenvalue weighted by molar-refractivity contribution is 6.05. The van der Waals surface area contributed by atoms with E-state index in [4.69, 9.17) is 4.74 Å². The molecule has 1 heterocycles. The van der Waals surface area contributed by atoms with Crippen molar-refractivity contribution in [2.45, 2.75) is 6.92 Å². The van der Waals surface area contributed by atoms with Crippen molar-refractivity contribution in [3.8, 4) is 5.75 Å². The first-order valence-electron chi connectivity index (χ1n) is 8.33. The lowest BCUT2D eigenvalue weighted by molar-refractivity contribution is 0.101. The molecular formula is C21H19N3O3. The molecule has 1 aromatic heterocycles. The molecule has 3 aromatic rings. The van der Waals surface area contributed by atoms with Crippen molar-refractivity contribution in [2.75, 3.05) is 17.7 Å². The van der Waals surface area contributed by atoms with Crippen LogP contribution in [0.15, 0.2) is 67.0 Å². The van der Waals surface area contributed by atoms with E-state index < -0.39 is 0 Å². The summed E-state index contributed by atoms with van der Waals surface area (Å²) in [5, 5.41) is 5.98. The highest BCUT2D eigenvalue weighted by Crippen LogP contribution is 2.21. The van der Waals surface area contributed by atoms with Crippen LogP contribution in [-0.4, -0.2) is 23.8 Å². The summed E-state index contributed by atoms with van der Waals surface area (Å²) in [5.74, 6) is 0.363. The second-order valence-corrected chi connectivity index (χ2v) is 5.91. The first kappa shape index (κ1) is 18.1. The summed E-state index contributed by atoms with van der Waals surface area (Å²) < 4.78 is 5.20. The predicted octanol–water partition coefficient (Wildman–Crippen LogP) is 4.29. The number of carbonyl (C=O) groups is 2. The zero-order valence-electron chi connectivity index (χ0n) is 15.0. The van der Waals surface area contributed by atoms with Crippen LogP contribution in [0.25, 0.3) is 0 Å². The third-order valence-electron chi connectivity index (χ3n) is 3.89. The van der Waals surface area contributed by atoms with E-state index in [1.54, 1.807) is 43.6 Å². The van der Waals surface area contributed by atoms with Crippen LogP contribution in [0.5, 0.6) is 5.75 Å². The van der Waals surface area contributed by atoms with Crippen molar-refractivity contribution >= 4 is 28.8 Å². The van der Waals surface area contributed by atoms with E-state index in [1.807, 2.05) is 24.3 Å². The molecule has 0 aliphatic carbocycles. The molecular weight excluding hydrogens is 342 g/mol. The molecule has 0 fully saturated rings. The number of nitrogens with zero attached hydrogens (tertiary/aromatic N) is 1. The Bertz CT molecular complexity index is 986. The Morgan fingerprint density at radius 2 is 1.63 bits per heavy atom. The van der Waals surface area contributed by atoms with Gasteiger partial charge in [0.1, 0.15) is 5.75 Å². The number of hydrogen-bond donors (Lipinski definition) is 2. The van der Waals surface area contributed by atoms with E-state index in [9.17, 15) is 9.59 Å². The van der Waals surface area contributed by atoms with Crippen molar-refractivity contribution in [3.05, 3.63) is 78.1 Å². The van der Waals surface area contributed by atoms with E-state index in [0.29, 0.717) is 22.5 Å². The molecule has 0 saturated heterocycles. The van der Waals surface area contributed by atoms with Gasteiger partial charge in [-0.3, -0.25) is 14.6 Å². The number of rotatable bonds is 6. The molecule has 0 atom stereocenters. The van der Waals surface area contributed by atoms with Gasteiger partial charge in [-0.25, -0.2) is 0 Å². The minimum absolute atomic E-state index is 0.0581. The second kappa shape index (κ2) is 8.14. The van der Waals surface area contributed by atoms with Gasteiger partial charge < -0.3 is 15.4 Å². The predicted molar refractivity (Wildman–Crippen MR) is 105 cm³/mol. The largest absolute Gasteiger partial charge is 0.497 e. The molecule has 3 rings (SSSR count). The molecule has 0 unspecified atom stereocenters. The number of amides is 1. The summed E-state index contributed by atoms with van der Waals surface area (Å²) in [6, 6.07) is 16.0. The molecule has 2 N–H and O–H groups in total. The van der Waals surface area contributed by atoms with E-state index in [0.717, 1.165) is 11.4 Å². The highest BCUT2D eigenvalue weighted by atomic mass is 16.5. The van der Waals surface area contributed by atoms with Gasteiger partial charge in [-0.1, -0.05) is 18.2 Å². The minimum Gasteiger partial charge on any atom is -0.497 e. The molecule has 0 spiro atoms. The van der Waals surface area contributed by atoms with Crippen molar-refractivity contribution in [2.24, 2.45) is 0 Å². The third-order valence-corrected chi connectivity index (χ3v) is 3.89. The molecule has 27 heavy (non-hydrogen) atoms. The summed E-state index contributed by atoms with van der Waals surface area (Å²) in [6.07, 6.45) is 3.12. The molecule has 6 heteroatoms. The summed E-state index contributed by atoms with van der Waals surface area (Å²) in [5.41, 5.74) is 2.99. The molecule has 136 valence electrons. The number of anilines is 3. The first-order chi connectivity index (χ1) is 13.0. The smallest absolute Gasteiger partial charge is 0.257 e. The minimum atomic E-state index is -0.308. The van der Waals surface area contributed by atoms with Crippen molar-refractivity contribution in [1.82, 2.24) is 4.98 Å². The van der Waals surface area contributed by atoms with Crippen LogP contribution in [0.3, 0.4) is 0 Å². The second-order valence-electron chi connectivity index (χ2n) is 5.91. The number of nitrogens with one attached hydrogen (secondary N) is 2. The number of Topliss-reactive ketones (excluding diaryl/α,β-unsaturated/α-hetero) is 1. The summed E-state index contributed by atoms with van der Waals surface area (Å²) in [6.45, 7) is 1.48. The summed E-state index contributed by atoms with van der Waals surface area (Å²) in [4.78, 5) is 28.1. The van der Waals surface area contributed by atoms with Gasteiger partial charge in [0.15, 0.2) is 5.78 Å². The van der Waals surface area contributed by atoms with Gasteiger partial charge in [0.25, 0.3) is 5.91 Å². The monoisotopic (exact) mass is 361 g/mol. The van der Waals surface area contributed by atoms with Gasteiger partial charge in [-0.2, -0.15) is 0 Å². The zero-order valence-corrected chi connectivity index (χ0v) is 15.0. The number of pyridine rings is 1. The number of carbonyl (C=O) groups excluding carboxylic acids is 2. The average Bonchev–Trinajstić information content (AvgIpc) is 2.68. The topological polar surface area (TPSA) is 80.3 Å². The fourth-order valence-corrected chi connectivity index (χ4v) is 2.52. The normalized spacial score (nSPS) is 10.1. The molecule has 0 aliphatic rings. The van der Waals surface area contributed by atoms with Crippen LogP contribution in [0.1, 0.15) is 27.6 Å². The fraction of sp³-hybridized carbons (Fsp3) is 0.0952. The molecule has 0 bridgehead atoms.